The lowest BCUT2D eigenvalue weighted by molar-refractivity contribution is -0.142. The largest absolute Gasteiger partial charge is 0.466 e. The number of aldehydes is 1. The number of hydrogen-bond donors (Lipinski definition) is 0. The molecule has 0 bridgehead atoms. The van der Waals surface area contributed by atoms with Gasteiger partial charge in [-0.05, 0) is 18.1 Å². The molecular weight excluding hydrogens is 242 g/mol. The summed E-state index contributed by atoms with van der Waals surface area (Å²) in [5, 5.41) is 0. The molecule has 0 aliphatic carbocycles. The molecule has 0 unspecified atom stereocenters. The highest BCUT2D eigenvalue weighted by Gasteiger charge is 2.05. The van der Waals surface area contributed by atoms with Gasteiger partial charge in [0.1, 0.15) is 0 Å². The average molecular weight is 261 g/mol. The first-order valence-corrected chi connectivity index (χ1v) is 6.15. The normalized spacial score (nSPS) is 11.0. The summed E-state index contributed by atoms with van der Waals surface area (Å²) >= 11 is 0. The Kier molecular flexibility index (Phi) is 5.79. The molecule has 4 heteroatoms. The predicted molar refractivity (Wildman–Crippen MR) is 74.5 cm³/mol. The summed E-state index contributed by atoms with van der Waals surface area (Å²) in [5.74, 6) is -0.241. The van der Waals surface area contributed by atoms with E-state index < -0.39 is 0 Å². The molecule has 1 aromatic carbocycles. The van der Waals surface area contributed by atoms with Crippen LogP contribution in [0.4, 0.5) is 0 Å². The average Bonchev–Trinajstić information content (AvgIpc) is 2.37. The maximum Gasteiger partial charge on any atom is 0.310 e. The number of carbonyl (C=O) groups is 2. The van der Waals surface area contributed by atoms with Gasteiger partial charge in [-0.3, -0.25) is 9.59 Å². The highest BCUT2D eigenvalue weighted by Crippen LogP contribution is 2.14. The van der Waals surface area contributed by atoms with Crippen LogP contribution in [0.3, 0.4) is 0 Å². The van der Waals surface area contributed by atoms with Crippen LogP contribution in [0, 0.1) is 0 Å². The van der Waals surface area contributed by atoms with Crippen molar-refractivity contribution in [2.45, 2.75) is 13.3 Å². The number of hydrogen-bond acceptors (Lipinski definition) is 4. The summed E-state index contributed by atoms with van der Waals surface area (Å²) in [6.45, 7) is 2.17. The van der Waals surface area contributed by atoms with E-state index in [1.54, 1.807) is 13.1 Å². The van der Waals surface area contributed by atoms with E-state index in [1.807, 2.05) is 43.3 Å². The molecule has 0 amide bonds. The number of nitrogens with zero attached hydrogens (tertiary/aromatic N) is 1. The van der Waals surface area contributed by atoms with Gasteiger partial charge in [0.25, 0.3) is 0 Å². The Morgan fingerprint density at radius 2 is 1.89 bits per heavy atom. The van der Waals surface area contributed by atoms with E-state index in [2.05, 4.69) is 0 Å². The van der Waals surface area contributed by atoms with Crippen molar-refractivity contribution in [1.82, 2.24) is 4.90 Å². The second-order valence-electron chi connectivity index (χ2n) is 4.34. The molecule has 0 fully saturated rings. The predicted octanol–water partition coefficient (Wildman–Crippen LogP) is 1.89. The molecule has 0 saturated heterocycles. The Bertz CT molecular complexity index is 461. The van der Waals surface area contributed by atoms with Crippen LogP contribution in [0.15, 0.2) is 30.5 Å². The molecule has 4 nitrogen and oxygen atoms in total. The minimum Gasteiger partial charge on any atom is -0.466 e. The van der Waals surface area contributed by atoms with Gasteiger partial charge in [-0.25, -0.2) is 0 Å². The maximum atomic E-state index is 11.3. The lowest BCUT2D eigenvalue weighted by atomic mass is 10.0. The van der Waals surface area contributed by atoms with Crippen molar-refractivity contribution < 1.29 is 14.3 Å². The highest BCUT2D eigenvalue weighted by molar-refractivity contribution is 6.06. The molecule has 0 radical (unpaired) electrons. The van der Waals surface area contributed by atoms with Crippen LogP contribution in [-0.4, -0.2) is 37.9 Å². The zero-order chi connectivity index (χ0) is 14.3. The molecule has 0 N–H and O–H groups in total. The molecule has 1 aromatic rings. The number of esters is 1. The second kappa shape index (κ2) is 7.36. The third kappa shape index (κ3) is 4.95. The summed E-state index contributed by atoms with van der Waals surface area (Å²) in [6, 6.07) is 7.33. The van der Waals surface area contributed by atoms with Gasteiger partial charge in [-0.1, -0.05) is 24.3 Å². The molecule has 0 atom stereocenters. The van der Waals surface area contributed by atoms with Crippen molar-refractivity contribution in [1.29, 1.82) is 0 Å². The van der Waals surface area contributed by atoms with Gasteiger partial charge >= 0.3 is 5.97 Å². The Balaban J connectivity index is 2.81. The van der Waals surface area contributed by atoms with Gasteiger partial charge in [0, 0.05) is 25.9 Å². The standard InChI is InChI=1S/C15H19NO3/c1-4-19-15(18)9-12-5-7-13(8-6-12)14(11-17)10-16(2)3/h5-8,10-11H,4,9H2,1-3H3. The van der Waals surface area contributed by atoms with E-state index >= 15 is 0 Å². The van der Waals surface area contributed by atoms with Gasteiger partial charge in [-0.15, -0.1) is 0 Å². The van der Waals surface area contributed by atoms with Crippen LogP contribution < -0.4 is 0 Å². The smallest absolute Gasteiger partial charge is 0.310 e. The van der Waals surface area contributed by atoms with Gasteiger partial charge < -0.3 is 9.64 Å². The number of benzene rings is 1. The zero-order valence-electron chi connectivity index (χ0n) is 11.6. The SMILES string of the molecule is CCOC(=O)Cc1ccc(C(C=O)=CN(C)C)cc1. The van der Waals surface area contributed by atoms with E-state index in [-0.39, 0.29) is 12.4 Å². The van der Waals surface area contributed by atoms with Crippen LogP contribution in [0.1, 0.15) is 18.1 Å². The Morgan fingerprint density at radius 1 is 1.26 bits per heavy atom. The summed E-state index contributed by atoms with van der Waals surface area (Å²) in [7, 11) is 3.72. The van der Waals surface area contributed by atoms with Crippen LogP contribution >= 0.6 is 0 Å². The fraction of sp³-hybridized carbons (Fsp3) is 0.333. The molecule has 0 aliphatic heterocycles. The number of ether oxygens (including phenoxy) is 1. The van der Waals surface area contributed by atoms with E-state index in [4.69, 9.17) is 4.74 Å². The Hall–Kier alpha value is -2.10. The molecule has 0 heterocycles. The first kappa shape index (κ1) is 15.0. The highest BCUT2D eigenvalue weighted by atomic mass is 16.5. The van der Waals surface area contributed by atoms with Crippen molar-refractivity contribution in [3.05, 3.63) is 41.6 Å². The molecular formula is C15H19NO3. The Morgan fingerprint density at radius 3 is 2.37 bits per heavy atom. The van der Waals surface area contributed by atoms with Gasteiger partial charge in [-0.2, -0.15) is 0 Å². The van der Waals surface area contributed by atoms with Crippen molar-refractivity contribution in [2.75, 3.05) is 20.7 Å². The first-order valence-electron chi connectivity index (χ1n) is 6.15. The first-order chi connectivity index (χ1) is 9.06. The number of carbonyl (C=O) groups excluding carboxylic acids is 2. The minimum absolute atomic E-state index is 0.241. The number of rotatable bonds is 6. The summed E-state index contributed by atoms with van der Waals surface area (Å²) < 4.78 is 4.88. The second-order valence-corrected chi connectivity index (χ2v) is 4.34. The van der Waals surface area contributed by atoms with E-state index in [9.17, 15) is 9.59 Å². The molecule has 0 aromatic heterocycles. The molecule has 19 heavy (non-hydrogen) atoms. The van der Waals surface area contributed by atoms with Gasteiger partial charge in [0.15, 0.2) is 6.29 Å². The lowest BCUT2D eigenvalue weighted by Gasteiger charge is -2.08. The van der Waals surface area contributed by atoms with Crippen molar-refractivity contribution in [3.63, 3.8) is 0 Å². The van der Waals surface area contributed by atoms with Crippen LogP contribution in [0.2, 0.25) is 0 Å². The summed E-state index contributed by atoms with van der Waals surface area (Å²) in [5.41, 5.74) is 2.31. The van der Waals surface area contributed by atoms with Crippen LogP contribution in [0.25, 0.3) is 5.57 Å². The maximum absolute atomic E-state index is 11.3. The van der Waals surface area contributed by atoms with Crippen LogP contribution in [0.5, 0.6) is 0 Å². The molecule has 0 saturated carbocycles. The third-order valence-corrected chi connectivity index (χ3v) is 2.47. The Labute approximate surface area is 113 Å². The molecule has 0 aliphatic rings. The number of allylic oxidation sites excluding steroid dienone is 1. The van der Waals surface area contributed by atoms with E-state index in [0.29, 0.717) is 12.2 Å². The molecule has 102 valence electrons. The van der Waals surface area contributed by atoms with E-state index in [0.717, 1.165) is 17.4 Å². The molecule has 1 rings (SSSR count). The molecule has 0 spiro atoms. The summed E-state index contributed by atoms with van der Waals surface area (Å²) in [4.78, 5) is 24.2. The fourth-order valence-corrected chi connectivity index (χ4v) is 1.64. The van der Waals surface area contributed by atoms with Gasteiger partial charge in [0.05, 0.1) is 13.0 Å². The van der Waals surface area contributed by atoms with Crippen molar-refractivity contribution >= 4 is 17.8 Å². The van der Waals surface area contributed by atoms with Crippen LogP contribution in [-0.2, 0) is 20.7 Å². The van der Waals surface area contributed by atoms with Crippen molar-refractivity contribution in [2.24, 2.45) is 0 Å². The lowest BCUT2D eigenvalue weighted by Crippen LogP contribution is -2.07. The minimum atomic E-state index is -0.241. The summed E-state index contributed by atoms with van der Waals surface area (Å²) in [6.07, 6.45) is 2.83. The third-order valence-electron chi connectivity index (χ3n) is 2.47. The van der Waals surface area contributed by atoms with E-state index in [1.165, 1.54) is 0 Å². The topological polar surface area (TPSA) is 46.6 Å². The fourth-order valence-electron chi connectivity index (χ4n) is 1.64. The quantitative estimate of drug-likeness (QED) is 0.446. The van der Waals surface area contributed by atoms with Gasteiger partial charge in [0.2, 0.25) is 0 Å². The zero-order valence-corrected chi connectivity index (χ0v) is 11.6. The van der Waals surface area contributed by atoms with Crippen molar-refractivity contribution in [3.8, 4) is 0 Å². The monoisotopic (exact) mass is 261 g/mol.